The van der Waals surface area contributed by atoms with E-state index in [0.717, 1.165) is 21.3 Å². The molecule has 2 amide bonds. The average Bonchev–Trinajstić information content (AvgIpc) is 3.15. The lowest BCUT2D eigenvalue weighted by atomic mass is 10.1. The van der Waals surface area contributed by atoms with Crippen LogP contribution in [-0.2, 0) is 9.59 Å². The Morgan fingerprint density at radius 1 is 1.21 bits per heavy atom. The molecule has 5 nitrogen and oxygen atoms in total. The Kier molecular flexibility index (Phi) is 5.19. The van der Waals surface area contributed by atoms with Crippen molar-refractivity contribution < 1.29 is 9.59 Å². The SMILES string of the molecule is Cc1ccc(-c2csc(S[C@@H](C)C(=O)N3CC(=O)Nc4ccccc43)n2)cc1. The maximum atomic E-state index is 13.0. The number of hydrogen-bond acceptors (Lipinski definition) is 5. The van der Waals surface area contributed by atoms with E-state index in [4.69, 9.17) is 0 Å². The predicted octanol–water partition coefficient (Wildman–Crippen LogP) is 4.58. The molecule has 1 aromatic heterocycles. The van der Waals surface area contributed by atoms with Crippen LogP contribution in [0.3, 0.4) is 0 Å². The van der Waals surface area contributed by atoms with Crippen molar-refractivity contribution in [3.8, 4) is 11.3 Å². The average molecular weight is 410 g/mol. The number of thioether (sulfide) groups is 1. The van der Waals surface area contributed by atoms with Gasteiger partial charge in [0, 0.05) is 10.9 Å². The van der Waals surface area contributed by atoms with Crippen LogP contribution in [0.25, 0.3) is 11.3 Å². The number of nitrogens with zero attached hydrogens (tertiary/aromatic N) is 2. The first-order chi connectivity index (χ1) is 13.5. The summed E-state index contributed by atoms with van der Waals surface area (Å²) in [6.07, 6.45) is 0. The fraction of sp³-hybridized carbons (Fsp3) is 0.190. The van der Waals surface area contributed by atoms with Gasteiger partial charge in [-0.15, -0.1) is 11.3 Å². The summed E-state index contributed by atoms with van der Waals surface area (Å²) in [6.45, 7) is 3.95. The number of anilines is 2. The van der Waals surface area contributed by atoms with E-state index < -0.39 is 0 Å². The highest BCUT2D eigenvalue weighted by Crippen LogP contribution is 2.34. The molecule has 4 rings (SSSR count). The van der Waals surface area contributed by atoms with Gasteiger partial charge in [0.2, 0.25) is 11.8 Å². The molecule has 0 saturated heterocycles. The first-order valence-electron chi connectivity index (χ1n) is 8.91. The van der Waals surface area contributed by atoms with Crippen molar-refractivity contribution >= 4 is 46.3 Å². The van der Waals surface area contributed by atoms with Crippen LogP contribution >= 0.6 is 23.1 Å². The first kappa shape index (κ1) is 18.7. The van der Waals surface area contributed by atoms with Gasteiger partial charge in [0.05, 0.1) is 22.3 Å². The summed E-state index contributed by atoms with van der Waals surface area (Å²) in [4.78, 5) is 31.2. The van der Waals surface area contributed by atoms with Crippen LogP contribution in [0.2, 0.25) is 0 Å². The van der Waals surface area contributed by atoms with E-state index in [1.807, 2.05) is 30.5 Å². The first-order valence-corrected chi connectivity index (χ1v) is 10.7. The Hall–Kier alpha value is -2.64. The monoisotopic (exact) mass is 409 g/mol. The van der Waals surface area contributed by atoms with Crippen LogP contribution in [0.1, 0.15) is 12.5 Å². The van der Waals surface area contributed by atoms with Gasteiger partial charge in [0.25, 0.3) is 0 Å². The molecule has 1 aliphatic rings. The van der Waals surface area contributed by atoms with Gasteiger partial charge >= 0.3 is 0 Å². The van der Waals surface area contributed by atoms with Gasteiger partial charge in [-0.25, -0.2) is 4.98 Å². The highest BCUT2D eigenvalue weighted by Gasteiger charge is 2.30. The number of thiazole rings is 1. The standard InChI is InChI=1S/C21H19N3O2S2/c1-13-7-9-15(10-8-13)17-12-27-21(23-17)28-14(2)20(26)24-11-19(25)22-16-5-3-4-6-18(16)24/h3-10,12,14H,11H2,1-2H3,(H,22,25)/t14-/m0/s1. The molecule has 1 aliphatic heterocycles. The number of amides is 2. The minimum atomic E-state index is -0.351. The van der Waals surface area contributed by atoms with Crippen LogP contribution in [0.5, 0.6) is 0 Å². The zero-order valence-corrected chi connectivity index (χ0v) is 17.1. The molecule has 1 N–H and O–H groups in total. The van der Waals surface area contributed by atoms with Gasteiger partial charge in [-0.1, -0.05) is 53.7 Å². The topological polar surface area (TPSA) is 62.3 Å². The van der Waals surface area contributed by atoms with Crippen molar-refractivity contribution in [1.29, 1.82) is 0 Å². The van der Waals surface area contributed by atoms with Crippen LogP contribution in [0, 0.1) is 6.92 Å². The molecule has 2 heterocycles. The molecular formula is C21H19N3O2S2. The summed E-state index contributed by atoms with van der Waals surface area (Å²) in [5.74, 6) is -0.278. The van der Waals surface area contributed by atoms with Gasteiger partial charge in [0.1, 0.15) is 6.54 Å². The van der Waals surface area contributed by atoms with Crippen LogP contribution in [0.15, 0.2) is 58.3 Å². The Labute approximate surface area is 171 Å². The van der Waals surface area contributed by atoms with Crippen molar-refractivity contribution in [2.24, 2.45) is 0 Å². The van der Waals surface area contributed by atoms with Crippen molar-refractivity contribution in [3.63, 3.8) is 0 Å². The molecule has 0 bridgehead atoms. The van der Waals surface area contributed by atoms with Gasteiger partial charge in [-0.3, -0.25) is 14.5 Å². The van der Waals surface area contributed by atoms with Crippen molar-refractivity contribution in [2.75, 3.05) is 16.8 Å². The van der Waals surface area contributed by atoms with E-state index in [2.05, 4.69) is 41.5 Å². The van der Waals surface area contributed by atoms with E-state index in [9.17, 15) is 9.59 Å². The largest absolute Gasteiger partial charge is 0.323 e. The third-order valence-corrected chi connectivity index (χ3v) is 6.55. The Bertz CT molecular complexity index is 1030. The molecule has 0 radical (unpaired) electrons. The second-order valence-corrected chi connectivity index (χ2v) is 9.06. The lowest BCUT2D eigenvalue weighted by Crippen LogP contribution is -2.45. The van der Waals surface area contributed by atoms with E-state index in [1.165, 1.54) is 28.7 Å². The zero-order valence-electron chi connectivity index (χ0n) is 15.5. The lowest BCUT2D eigenvalue weighted by molar-refractivity contribution is -0.121. The molecule has 0 spiro atoms. The Morgan fingerprint density at radius 3 is 2.75 bits per heavy atom. The molecule has 28 heavy (non-hydrogen) atoms. The Morgan fingerprint density at radius 2 is 1.96 bits per heavy atom. The lowest BCUT2D eigenvalue weighted by Gasteiger charge is -2.30. The molecular weight excluding hydrogens is 390 g/mol. The summed E-state index contributed by atoms with van der Waals surface area (Å²) in [7, 11) is 0. The van der Waals surface area contributed by atoms with Crippen molar-refractivity contribution in [1.82, 2.24) is 4.98 Å². The molecule has 142 valence electrons. The van der Waals surface area contributed by atoms with E-state index in [1.54, 1.807) is 11.0 Å². The highest BCUT2D eigenvalue weighted by molar-refractivity contribution is 8.02. The fourth-order valence-corrected chi connectivity index (χ4v) is 5.05. The third kappa shape index (κ3) is 3.81. The quantitative estimate of drug-likeness (QED) is 0.641. The Balaban J connectivity index is 1.50. The van der Waals surface area contributed by atoms with Gasteiger partial charge in [-0.2, -0.15) is 0 Å². The number of nitrogens with one attached hydrogen (secondary N) is 1. The maximum Gasteiger partial charge on any atom is 0.244 e. The normalized spacial score (nSPS) is 14.4. The molecule has 0 unspecified atom stereocenters. The number of carbonyl (C=O) groups is 2. The summed E-state index contributed by atoms with van der Waals surface area (Å²) >= 11 is 2.95. The van der Waals surface area contributed by atoms with Gasteiger partial charge in [0.15, 0.2) is 4.34 Å². The molecule has 2 aromatic carbocycles. The second kappa shape index (κ2) is 7.77. The highest BCUT2D eigenvalue weighted by atomic mass is 32.2. The number of benzene rings is 2. The van der Waals surface area contributed by atoms with Crippen LogP contribution < -0.4 is 10.2 Å². The van der Waals surface area contributed by atoms with E-state index >= 15 is 0 Å². The maximum absolute atomic E-state index is 13.0. The number of rotatable bonds is 4. The predicted molar refractivity (Wildman–Crippen MR) is 115 cm³/mol. The van der Waals surface area contributed by atoms with Crippen LogP contribution in [-0.4, -0.2) is 28.6 Å². The number of para-hydroxylation sites is 2. The number of hydrogen-bond donors (Lipinski definition) is 1. The number of aromatic nitrogens is 1. The summed E-state index contributed by atoms with van der Waals surface area (Å²) in [5.41, 5.74) is 4.59. The van der Waals surface area contributed by atoms with Crippen molar-refractivity contribution in [2.45, 2.75) is 23.4 Å². The minimum absolute atomic E-state index is 0.0350. The summed E-state index contributed by atoms with van der Waals surface area (Å²) in [6, 6.07) is 15.6. The fourth-order valence-electron chi connectivity index (χ4n) is 3.02. The number of carbonyl (C=O) groups excluding carboxylic acids is 2. The number of aryl methyl sites for hydroxylation is 1. The zero-order chi connectivity index (χ0) is 19.7. The van der Waals surface area contributed by atoms with Crippen molar-refractivity contribution in [3.05, 3.63) is 59.5 Å². The molecule has 1 atom stereocenters. The van der Waals surface area contributed by atoms with Gasteiger partial charge < -0.3 is 5.32 Å². The summed E-state index contributed by atoms with van der Waals surface area (Å²) < 4.78 is 0.839. The smallest absolute Gasteiger partial charge is 0.244 e. The molecule has 7 heteroatoms. The third-order valence-electron chi connectivity index (χ3n) is 4.49. The van der Waals surface area contributed by atoms with E-state index in [0.29, 0.717) is 5.69 Å². The molecule has 0 aliphatic carbocycles. The summed E-state index contributed by atoms with van der Waals surface area (Å²) in [5, 5.41) is 4.47. The minimum Gasteiger partial charge on any atom is -0.323 e. The molecule has 0 fully saturated rings. The van der Waals surface area contributed by atoms with Gasteiger partial charge in [-0.05, 0) is 26.0 Å². The molecule has 3 aromatic rings. The second-order valence-electron chi connectivity index (χ2n) is 6.61. The number of fused-ring (bicyclic) bond motifs is 1. The van der Waals surface area contributed by atoms with E-state index in [-0.39, 0.29) is 23.6 Å². The van der Waals surface area contributed by atoms with Crippen LogP contribution in [0.4, 0.5) is 11.4 Å². The molecule has 0 saturated carbocycles.